The molecule has 0 fully saturated rings. The van der Waals surface area contributed by atoms with Gasteiger partial charge in [-0.1, -0.05) is 23.1 Å². The summed E-state index contributed by atoms with van der Waals surface area (Å²) in [6.07, 6.45) is 1.62. The van der Waals surface area contributed by atoms with E-state index >= 15 is 0 Å². The van der Waals surface area contributed by atoms with E-state index in [1.807, 2.05) is 12.3 Å². The number of rotatable bonds is 5. The van der Waals surface area contributed by atoms with Gasteiger partial charge >= 0.3 is 4.87 Å². The summed E-state index contributed by atoms with van der Waals surface area (Å²) in [6.45, 7) is 2.54. The van der Waals surface area contributed by atoms with Crippen molar-refractivity contribution in [2.45, 2.75) is 18.7 Å². The number of thioether (sulfide) groups is 1. The zero-order chi connectivity index (χ0) is 15.5. The Morgan fingerprint density at radius 3 is 2.82 bits per heavy atom. The van der Waals surface area contributed by atoms with E-state index in [0.717, 1.165) is 11.3 Å². The fourth-order valence-corrected chi connectivity index (χ4v) is 3.46. The summed E-state index contributed by atoms with van der Waals surface area (Å²) in [5.74, 6) is 1.02. The number of aromatic nitrogens is 2. The SMILES string of the molecule is Cc1csc(=O)n1CCSc1ncc(-c2ccc(F)cc2)o1. The lowest BCUT2D eigenvalue weighted by Crippen LogP contribution is -2.15. The zero-order valence-electron chi connectivity index (χ0n) is 11.8. The number of halogens is 1. The summed E-state index contributed by atoms with van der Waals surface area (Å²) >= 11 is 2.66. The Bertz CT molecular complexity index is 821. The number of benzene rings is 1. The van der Waals surface area contributed by atoms with Crippen LogP contribution in [0.4, 0.5) is 4.39 Å². The third-order valence-corrected chi connectivity index (χ3v) is 4.83. The molecule has 3 rings (SSSR count). The lowest BCUT2D eigenvalue weighted by atomic mass is 10.2. The third kappa shape index (κ3) is 3.31. The van der Waals surface area contributed by atoms with Crippen LogP contribution >= 0.6 is 23.1 Å². The molecule has 3 aromatic rings. The average Bonchev–Trinajstić information content (AvgIpc) is 3.10. The van der Waals surface area contributed by atoms with Crippen molar-refractivity contribution in [2.24, 2.45) is 0 Å². The van der Waals surface area contributed by atoms with Gasteiger partial charge < -0.3 is 8.98 Å². The molecule has 2 heterocycles. The Morgan fingerprint density at radius 2 is 2.14 bits per heavy atom. The Balaban J connectivity index is 1.62. The number of thiazole rings is 1. The molecular weight excluding hydrogens is 323 g/mol. The zero-order valence-corrected chi connectivity index (χ0v) is 13.4. The smallest absolute Gasteiger partial charge is 0.307 e. The highest BCUT2D eigenvalue weighted by Crippen LogP contribution is 2.25. The summed E-state index contributed by atoms with van der Waals surface area (Å²) in [7, 11) is 0. The summed E-state index contributed by atoms with van der Waals surface area (Å²) in [6, 6.07) is 6.07. The number of hydrogen-bond acceptors (Lipinski definition) is 5. The maximum absolute atomic E-state index is 12.9. The van der Waals surface area contributed by atoms with Crippen LogP contribution in [0.15, 0.2) is 50.3 Å². The normalized spacial score (nSPS) is 11.0. The molecule has 0 aliphatic carbocycles. The first kappa shape index (κ1) is 15.1. The van der Waals surface area contributed by atoms with Crippen molar-refractivity contribution in [3.63, 3.8) is 0 Å². The van der Waals surface area contributed by atoms with E-state index in [-0.39, 0.29) is 10.7 Å². The highest BCUT2D eigenvalue weighted by Gasteiger charge is 2.08. The van der Waals surface area contributed by atoms with Crippen molar-refractivity contribution in [3.05, 3.63) is 57.0 Å². The van der Waals surface area contributed by atoms with Crippen molar-refractivity contribution in [3.8, 4) is 11.3 Å². The molecule has 4 nitrogen and oxygen atoms in total. The molecular formula is C15H13FN2O2S2. The first-order valence-corrected chi connectivity index (χ1v) is 8.49. The van der Waals surface area contributed by atoms with Crippen LogP contribution in [0.5, 0.6) is 0 Å². The monoisotopic (exact) mass is 336 g/mol. The molecule has 0 atom stereocenters. The van der Waals surface area contributed by atoms with Crippen LogP contribution < -0.4 is 4.87 Å². The molecule has 0 bridgehead atoms. The minimum Gasteiger partial charge on any atom is -0.431 e. The number of oxazole rings is 1. The molecule has 22 heavy (non-hydrogen) atoms. The number of nitrogens with zero attached hydrogens (tertiary/aromatic N) is 2. The van der Waals surface area contributed by atoms with Crippen LogP contribution in [0.3, 0.4) is 0 Å². The number of aryl methyl sites for hydroxylation is 1. The summed E-state index contributed by atoms with van der Waals surface area (Å²) in [4.78, 5) is 15.9. The molecule has 2 aromatic heterocycles. The molecule has 0 unspecified atom stereocenters. The van der Waals surface area contributed by atoms with Gasteiger partial charge in [-0.25, -0.2) is 9.37 Å². The second kappa shape index (κ2) is 6.50. The largest absolute Gasteiger partial charge is 0.431 e. The van der Waals surface area contributed by atoms with Crippen molar-refractivity contribution in [2.75, 3.05) is 5.75 Å². The maximum atomic E-state index is 12.9. The van der Waals surface area contributed by atoms with Gasteiger partial charge in [0.15, 0.2) is 5.76 Å². The van der Waals surface area contributed by atoms with Crippen LogP contribution in [0.25, 0.3) is 11.3 Å². The van der Waals surface area contributed by atoms with Gasteiger partial charge in [0.25, 0.3) is 5.22 Å². The van der Waals surface area contributed by atoms with Crippen LogP contribution in [0.2, 0.25) is 0 Å². The molecule has 0 radical (unpaired) electrons. The summed E-state index contributed by atoms with van der Waals surface area (Å²) < 4.78 is 20.3. The van der Waals surface area contributed by atoms with E-state index < -0.39 is 0 Å². The van der Waals surface area contributed by atoms with Crippen LogP contribution in [0, 0.1) is 12.7 Å². The molecule has 0 saturated carbocycles. The summed E-state index contributed by atoms with van der Waals surface area (Å²) in [5, 5.41) is 2.39. The van der Waals surface area contributed by atoms with E-state index in [4.69, 9.17) is 4.42 Å². The van der Waals surface area contributed by atoms with Crippen molar-refractivity contribution < 1.29 is 8.81 Å². The van der Waals surface area contributed by atoms with Gasteiger partial charge in [-0.2, -0.15) is 0 Å². The van der Waals surface area contributed by atoms with Gasteiger partial charge in [0.2, 0.25) is 0 Å². The Morgan fingerprint density at radius 1 is 1.36 bits per heavy atom. The van der Waals surface area contributed by atoms with E-state index in [2.05, 4.69) is 4.98 Å². The van der Waals surface area contributed by atoms with Gasteiger partial charge in [-0.05, 0) is 31.2 Å². The molecule has 114 valence electrons. The van der Waals surface area contributed by atoms with Crippen molar-refractivity contribution in [1.29, 1.82) is 0 Å². The van der Waals surface area contributed by atoms with Crippen molar-refractivity contribution >= 4 is 23.1 Å². The number of hydrogen-bond donors (Lipinski definition) is 0. The Kier molecular flexibility index (Phi) is 4.44. The molecule has 1 aromatic carbocycles. The average molecular weight is 336 g/mol. The Hall–Kier alpha value is -1.86. The first-order chi connectivity index (χ1) is 10.6. The van der Waals surface area contributed by atoms with Gasteiger partial charge in [0.1, 0.15) is 5.82 Å². The first-order valence-electron chi connectivity index (χ1n) is 6.63. The molecule has 7 heteroatoms. The fraction of sp³-hybridized carbons (Fsp3) is 0.200. The van der Waals surface area contributed by atoms with Gasteiger partial charge in [-0.3, -0.25) is 4.79 Å². The highest BCUT2D eigenvalue weighted by molar-refractivity contribution is 7.99. The van der Waals surface area contributed by atoms with Gasteiger partial charge in [-0.15, -0.1) is 0 Å². The predicted octanol–water partition coefficient (Wildman–Crippen LogP) is 3.80. The van der Waals surface area contributed by atoms with E-state index in [9.17, 15) is 9.18 Å². The molecule has 0 amide bonds. The summed E-state index contributed by atoms with van der Waals surface area (Å²) in [5.41, 5.74) is 1.75. The minimum atomic E-state index is -0.283. The molecule has 0 N–H and O–H groups in total. The van der Waals surface area contributed by atoms with Crippen LogP contribution in [-0.2, 0) is 6.54 Å². The van der Waals surface area contributed by atoms with E-state index in [1.54, 1.807) is 22.9 Å². The molecule has 0 saturated heterocycles. The van der Waals surface area contributed by atoms with Crippen molar-refractivity contribution in [1.82, 2.24) is 9.55 Å². The molecule has 0 spiro atoms. The standard InChI is InChI=1S/C15H13FN2O2S2/c1-10-9-22-15(19)18(10)6-7-21-14-17-8-13(20-14)11-2-4-12(16)5-3-11/h2-5,8-9H,6-7H2,1H3. The second-order valence-electron chi connectivity index (χ2n) is 4.64. The van der Waals surface area contributed by atoms with Gasteiger partial charge in [0.05, 0.1) is 6.20 Å². The second-order valence-corrected chi connectivity index (χ2v) is 6.51. The minimum absolute atomic E-state index is 0.0532. The van der Waals surface area contributed by atoms with E-state index in [1.165, 1.54) is 35.2 Å². The highest BCUT2D eigenvalue weighted by atomic mass is 32.2. The predicted molar refractivity (Wildman–Crippen MR) is 85.9 cm³/mol. The van der Waals surface area contributed by atoms with E-state index in [0.29, 0.717) is 23.3 Å². The lowest BCUT2D eigenvalue weighted by Gasteiger charge is -2.02. The third-order valence-electron chi connectivity index (χ3n) is 3.13. The molecule has 0 aliphatic heterocycles. The quantitative estimate of drug-likeness (QED) is 0.665. The van der Waals surface area contributed by atoms with Gasteiger partial charge in [0, 0.05) is 28.9 Å². The maximum Gasteiger partial charge on any atom is 0.307 e. The Labute approximate surface area is 134 Å². The lowest BCUT2D eigenvalue weighted by molar-refractivity contribution is 0.465. The topological polar surface area (TPSA) is 48.0 Å². The molecule has 0 aliphatic rings. The van der Waals surface area contributed by atoms with Crippen LogP contribution in [-0.4, -0.2) is 15.3 Å². The fourth-order valence-electron chi connectivity index (χ4n) is 1.97. The van der Waals surface area contributed by atoms with Crippen LogP contribution in [0.1, 0.15) is 5.69 Å².